The van der Waals surface area contributed by atoms with Crippen LogP contribution < -0.4 is 20.3 Å². The fourth-order valence-electron chi connectivity index (χ4n) is 2.70. The second kappa shape index (κ2) is 6.27. The first-order chi connectivity index (χ1) is 12.2. The SMILES string of the molecule is O=C(Cn1ncc2ccccc2c1=O)Nc1ccc2c(c1)OCCO2. The molecule has 2 aromatic carbocycles. The molecular weight excluding hydrogens is 322 g/mol. The summed E-state index contributed by atoms with van der Waals surface area (Å²) in [6.07, 6.45) is 1.58. The summed E-state index contributed by atoms with van der Waals surface area (Å²) >= 11 is 0. The van der Waals surface area contributed by atoms with Crippen molar-refractivity contribution in [2.75, 3.05) is 18.5 Å². The normalized spacial score (nSPS) is 12.8. The molecule has 0 unspecified atom stereocenters. The van der Waals surface area contributed by atoms with Gasteiger partial charge in [-0.15, -0.1) is 0 Å². The van der Waals surface area contributed by atoms with E-state index in [2.05, 4.69) is 10.4 Å². The molecule has 2 heterocycles. The smallest absolute Gasteiger partial charge is 0.275 e. The van der Waals surface area contributed by atoms with Crippen LogP contribution in [0.4, 0.5) is 5.69 Å². The fourth-order valence-corrected chi connectivity index (χ4v) is 2.70. The molecular formula is C18H15N3O4. The molecule has 0 saturated heterocycles. The molecule has 0 fully saturated rings. The van der Waals surface area contributed by atoms with E-state index in [4.69, 9.17) is 9.47 Å². The average molecular weight is 337 g/mol. The summed E-state index contributed by atoms with van der Waals surface area (Å²) in [6.45, 7) is 0.814. The van der Waals surface area contributed by atoms with Crippen LogP contribution in [0.15, 0.2) is 53.5 Å². The van der Waals surface area contributed by atoms with Crippen LogP contribution in [-0.2, 0) is 11.3 Å². The maximum Gasteiger partial charge on any atom is 0.275 e. The van der Waals surface area contributed by atoms with Gasteiger partial charge in [-0.05, 0) is 18.2 Å². The summed E-state index contributed by atoms with van der Waals surface area (Å²) in [4.78, 5) is 24.6. The molecule has 7 heteroatoms. The van der Waals surface area contributed by atoms with Gasteiger partial charge < -0.3 is 14.8 Å². The maximum atomic E-state index is 12.4. The average Bonchev–Trinajstić information content (AvgIpc) is 2.64. The topological polar surface area (TPSA) is 82.5 Å². The zero-order valence-electron chi connectivity index (χ0n) is 13.3. The molecule has 0 aliphatic carbocycles. The number of amides is 1. The molecule has 126 valence electrons. The van der Waals surface area contributed by atoms with Crippen LogP contribution in [0, 0.1) is 0 Å². The van der Waals surface area contributed by atoms with Gasteiger partial charge in [-0.2, -0.15) is 5.10 Å². The number of nitrogens with zero attached hydrogens (tertiary/aromatic N) is 2. The van der Waals surface area contributed by atoms with Crippen LogP contribution in [0.25, 0.3) is 10.8 Å². The monoisotopic (exact) mass is 337 g/mol. The Morgan fingerprint density at radius 2 is 1.92 bits per heavy atom. The predicted octanol–water partition coefficient (Wildman–Crippen LogP) is 1.81. The van der Waals surface area contributed by atoms with Gasteiger partial charge in [0.05, 0.1) is 11.6 Å². The molecule has 1 aliphatic heterocycles. The van der Waals surface area contributed by atoms with E-state index in [0.717, 1.165) is 10.1 Å². The zero-order chi connectivity index (χ0) is 17.2. The van der Waals surface area contributed by atoms with Crippen LogP contribution in [0.3, 0.4) is 0 Å². The van der Waals surface area contributed by atoms with E-state index in [1.54, 1.807) is 36.5 Å². The largest absolute Gasteiger partial charge is 0.486 e. The van der Waals surface area contributed by atoms with Crippen LogP contribution >= 0.6 is 0 Å². The van der Waals surface area contributed by atoms with E-state index in [9.17, 15) is 9.59 Å². The number of hydrogen-bond donors (Lipinski definition) is 1. The minimum atomic E-state index is -0.346. The lowest BCUT2D eigenvalue weighted by atomic mass is 10.2. The third kappa shape index (κ3) is 3.03. The number of carbonyl (C=O) groups excluding carboxylic acids is 1. The van der Waals surface area contributed by atoms with Gasteiger partial charge in [0.15, 0.2) is 11.5 Å². The molecule has 4 rings (SSSR count). The van der Waals surface area contributed by atoms with Gasteiger partial charge in [0.25, 0.3) is 5.56 Å². The van der Waals surface area contributed by atoms with Gasteiger partial charge in [-0.25, -0.2) is 4.68 Å². The summed E-state index contributed by atoms with van der Waals surface area (Å²) in [6, 6.07) is 12.3. The van der Waals surface area contributed by atoms with Gasteiger partial charge in [0.1, 0.15) is 19.8 Å². The lowest BCUT2D eigenvalue weighted by Crippen LogP contribution is -2.29. The molecule has 1 N–H and O–H groups in total. The lowest BCUT2D eigenvalue weighted by Gasteiger charge is -2.19. The Morgan fingerprint density at radius 3 is 2.80 bits per heavy atom. The molecule has 1 aliphatic rings. The second-order valence-electron chi connectivity index (χ2n) is 5.60. The summed E-state index contributed by atoms with van der Waals surface area (Å²) in [5.41, 5.74) is 0.276. The van der Waals surface area contributed by atoms with Crippen molar-refractivity contribution in [2.24, 2.45) is 0 Å². The quantitative estimate of drug-likeness (QED) is 0.788. The van der Waals surface area contributed by atoms with Crippen molar-refractivity contribution < 1.29 is 14.3 Å². The first-order valence-electron chi connectivity index (χ1n) is 7.85. The Labute approximate surface area is 142 Å². The highest BCUT2D eigenvalue weighted by Gasteiger charge is 2.13. The van der Waals surface area contributed by atoms with E-state index in [-0.39, 0.29) is 18.0 Å². The van der Waals surface area contributed by atoms with Crippen LogP contribution in [-0.4, -0.2) is 28.9 Å². The third-order valence-electron chi connectivity index (χ3n) is 3.88. The molecule has 1 aromatic heterocycles. The molecule has 25 heavy (non-hydrogen) atoms. The van der Waals surface area contributed by atoms with Gasteiger partial charge in [0, 0.05) is 17.1 Å². The third-order valence-corrected chi connectivity index (χ3v) is 3.88. The molecule has 7 nitrogen and oxygen atoms in total. The van der Waals surface area contributed by atoms with E-state index in [1.807, 2.05) is 12.1 Å². The number of fused-ring (bicyclic) bond motifs is 2. The van der Waals surface area contributed by atoms with Crippen molar-refractivity contribution in [3.8, 4) is 11.5 Å². The summed E-state index contributed by atoms with van der Waals surface area (Å²) < 4.78 is 12.1. The zero-order valence-corrected chi connectivity index (χ0v) is 13.3. The minimum absolute atomic E-state index is 0.169. The van der Waals surface area contributed by atoms with Gasteiger partial charge >= 0.3 is 0 Å². The first kappa shape index (κ1) is 15.2. The number of anilines is 1. The maximum absolute atomic E-state index is 12.4. The summed E-state index contributed by atoms with van der Waals surface area (Å²) in [5, 5.41) is 8.08. The van der Waals surface area contributed by atoms with Gasteiger partial charge in [0.2, 0.25) is 5.91 Å². The summed E-state index contributed by atoms with van der Waals surface area (Å²) in [7, 11) is 0. The van der Waals surface area contributed by atoms with Crippen molar-refractivity contribution in [2.45, 2.75) is 6.54 Å². The highest BCUT2D eigenvalue weighted by molar-refractivity contribution is 5.91. The second-order valence-corrected chi connectivity index (χ2v) is 5.60. The molecule has 3 aromatic rings. The first-order valence-corrected chi connectivity index (χ1v) is 7.85. The number of hydrogen-bond acceptors (Lipinski definition) is 5. The van der Waals surface area contributed by atoms with Crippen LogP contribution in [0.2, 0.25) is 0 Å². The Hall–Kier alpha value is -3.35. The molecule has 0 atom stereocenters. The Bertz CT molecular complexity index is 1010. The van der Waals surface area contributed by atoms with E-state index < -0.39 is 0 Å². The van der Waals surface area contributed by atoms with Crippen LogP contribution in [0.5, 0.6) is 11.5 Å². The molecule has 0 bridgehead atoms. The standard InChI is InChI=1S/C18H15N3O4/c22-17(20-13-5-6-15-16(9-13)25-8-7-24-15)11-21-18(23)14-4-2-1-3-12(14)10-19-21/h1-6,9-10H,7-8,11H2,(H,20,22). The summed E-state index contributed by atoms with van der Waals surface area (Å²) in [5.74, 6) is 0.892. The number of rotatable bonds is 3. The molecule has 0 spiro atoms. The lowest BCUT2D eigenvalue weighted by molar-refractivity contribution is -0.117. The molecule has 0 radical (unpaired) electrons. The van der Waals surface area contributed by atoms with Crippen molar-refractivity contribution in [1.29, 1.82) is 0 Å². The minimum Gasteiger partial charge on any atom is -0.486 e. The van der Waals surface area contributed by atoms with E-state index in [1.165, 1.54) is 0 Å². The number of aromatic nitrogens is 2. The Morgan fingerprint density at radius 1 is 1.12 bits per heavy atom. The van der Waals surface area contributed by atoms with Gasteiger partial charge in [-0.3, -0.25) is 9.59 Å². The fraction of sp³-hybridized carbons (Fsp3) is 0.167. The molecule has 1 amide bonds. The molecule has 0 saturated carbocycles. The number of ether oxygens (including phenoxy) is 2. The number of nitrogens with one attached hydrogen (secondary N) is 1. The van der Waals surface area contributed by atoms with Crippen molar-refractivity contribution >= 4 is 22.4 Å². The highest BCUT2D eigenvalue weighted by Crippen LogP contribution is 2.32. The van der Waals surface area contributed by atoms with E-state index >= 15 is 0 Å². The van der Waals surface area contributed by atoms with Crippen molar-refractivity contribution in [1.82, 2.24) is 9.78 Å². The van der Waals surface area contributed by atoms with Gasteiger partial charge in [-0.1, -0.05) is 18.2 Å². The Balaban J connectivity index is 1.53. The van der Waals surface area contributed by atoms with E-state index in [0.29, 0.717) is 35.8 Å². The van der Waals surface area contributed by atoms with Crippen LogP contribution in [0.1, 0.15) is 0 Å². The van der Waals surface area contributed by atoms with Crippen molar-refractivity contribution in [3.63, 3.8) is 0 Å². The predicted molar refractivity (Wildman–Crippen MR) is 92.1 cm³/mol. The number of carbonyl (C=O) groups is 1. The Kier molecular flexibility index (Phi) is 3.81. The number of benzene rings is 2. The highest BCUT2D eigenvalue weighted by atomic mass is 16.6. The van der Waals surface area contributed by atoms with Crippen molar-refractivity contribution in [3.05, 3.63) is 59.0 Å².